The number of halogens is 4. The van der Waals surface area contributed by atoms with Gasteiger partial charge in [-0.1, -0.05) is 22.9 Å². The van der Waals surface area contributed by atoms with E-state index in [9.17, 15) is 18.4 Å². The maximum Gasteiger partial charge on any atom is 0.386 e. The number of nitrogen functional groups attached to an aromatic ring is 1. The highest BCUT2D eigenvalue weighted by atomic mass is 35.5. The number of hydrogen-bond donors (Lipinski definition) is 4. The van der Waals surface area contributed by atoms with Gasteiger partial charge in [-0.2, -0.15) is 22.9 Å². The molecular weight excluding hydrogens is 557 g/mol. The summed E-state index contributed by atoms with van der Waals surface area (Å²) < 4.78 is 38.2. The number of nitrogens with two attached hydrogens (primary N) is 1. The van der Waals surface area contributed by atoms with Crippen LogP contribution in [0.2, 0.25) is 5.02 Å². The Hall–Kier alpha value is -3.87. The maximum atomic E-state index is 10.4. The molecule has 1 aromatic carbocycles. The van der Waals surface area contributed by atoms with Gasteiger partial charge in [-0.25, -0.2) is 15.0 Å². The van der Waals surface area contributed by atoms with Crippen LogP contribution < -0.4 is 21.7 Å². The summed E-state index contributed by atoms with van der Waals surface area (Å²) in [6, 6.07) is 9.24. The van der Waals surface area contributed by atoms with E-state index in [1.807, 2.05) is 19.1 Å². The van der Waals surface area contributed by atoms with E-state index in [-0.39, 0.29) is 6.92 Å². The van der Waals surface area contributed by atoms with E-state index in [1.54, 1.807) is 23.7 Å². The van der Waals surface area contributed by atoms with Crippen molar-refractivity contribution in [2.75, 3.05) is 48.4 Å². The Morgan fingerprint density at radius 1 is 1.18 bits per heavy atom. The number of nitrogens with zero attached hydrogens (tertiary/aromatic N) is 6. The molecule has 0 aliphatic rings. The summed E-state index contributed by atoms with van der Waals surface area (Å²) in [6.07, 6.45) is -4.00. The van der Waals surface area contributed by atoms with Crippen LogP contribution in [0.4, 0.5) is 35.8 Å². The highest BCUT2D eigenvalue weighted by Gasteiger charge is 2.16. The van der Waals surface area contributed by atoms with E-state index in [4.69, 9.17) is 27.1 Å². The van der Waals surface area contributed by atoms with E-state index >= 15 is 0 Å². The molecule has 11 nitrogen and oxygen atoms in total. The average molecular weight is 583 g/mol. The summed E-state index contributed by atoms with van der Waals surface area (Å²) in [5.74, 6) is 1.62. The molecule has 39 heavy (non-hydrogen) atoms. The highest BCUT2D eigenvalue weighted by molar-refractivity contribution is 7.16. The molecule has 5 N–H and O–H groups in total. The predicted octanol–water partition coefficient (Wildman–Crippen LogP) is 5.03. The van der Waals surface area contributed by atoms with Crippen molar-refractivity contribution in [1.82, 2.24) is 24.6 Å². The molecule has 0 aliphatic carbocycles. The minimum atomic E-state index is -4.00. The van der Waals surface area contributed by atoms with Crippen molar-refractivity contribution in [3.63, 3.8) is 0 Å². The van der Waals surface area contributed by atoms with E-state index in [0.717, 1.165) is 5.56 Å². The number of benzene rings is 1. The molecule has 208 valence electrons. The fourth-order valence-electron chi connectivity index (χ4n) is 3.19. The molecule has 0 atom stereocenters. The van der Waals surface area contributed by atoms with Gasteiger partial charge >= 0.3 is 6.18 Å². The number of rotatable bonds is 10. The van der Waals surface area contributed by atoms with Crippen LogP contribution in [-0.4, -0.2) is 57.5 Å². The molecule has 0 bridgehead atoms. The first-order valence-corrected chi connectivity index (χ1v) is 12.7. The second-order valence-corrected chi connectivity index (χ2v) is 9.26. The molecule has 4 rings (SSSR count). The highest BCUT2D eigenvalue weighted by Crippen LogP contribution is 2.29. The molecule has 3 heterocycles. The van der Waals surface area contributed by atoms with Crippen LogP contribution in [0.3, 0.4) is 0 Å². The van der Waals surface area contributed by atoms with Gasteiger partial charge in [-0.3, -0.25) is 0 Å². The summed E-state index contributed by atoms with van der Waals surface area (Å²) in [5.41, 5.74) is 8.71. The van der Waals surface area contributed by atoms with Crippen LogP contribution in [0.15, 0.2) is 24.3 Å². The van der Waals surface area contributed by atoms with Crippen LogP contribution in [-0.2, 0) is 11.3 Å². The van der Waals surface area contributed by atoms with Gasteiger partial charge in [0, 0.05) is 56.0 Å². The quantitative estimate of drug-likeness (QED) is 0.148. The fourth-order valence-corrected chi connectivity index (χ4v) is 4.17. The molecule has 3 aromatic heterocycles. The lowest BCUT2D eigenvalue weighted by Crippen LogP contribution is -2.17. The van der Waals surface area contributed by atoms with Crippen molar-refractivity contribution in [3.05, 3.63) is 40.0 Å². The van der Waals surface area contributed by atoms with E-state index < -0.39 is 6.18 Å². The van der Waals surface area contributed by atoms with Crippen LogP contribution in [0.1, 0.15) is 24.5 Å². The van der Waals surface area contributed by atoms with Crippen molar-refractivity contribution >= 4 is 51.2 Å². The van der Waals surface area contributed by atoms with Crippen molar-refractivity contribution in [3.8, 4) is 17.3 Å². The lowest BCUT2D eigenvalue weighted by atomic mass is 10.1. The molecule has 0 amide bonds. The molecule has 0 saturated carbocycles. The minimum absolute atomic E-state index is 0.188. The summed E-state index contributed by atoms with van der Waals surface area (Å²) in [7, 11) is 1.73. The topological polar surface area (TPSA) is 151 Å². The van der Waals surface area contributed by atoms with Crippen LogP contribution in [0, 0.1) is 11.3 Å². The molecule has 0 aliphatic heterocycles. The molecule has 0 unspecified atom stereocenters. The van der Waals surface area contributed by atoms with Crippen LogP contribution >= 0.6 is 22.9 Å². The van der Waals surface area contributed by atoms with Gasteiger partial charge in [0.15, 0.2) is 27.3 Å². The first kappa shape index (κ1) is 29.7. The molecule has 4 aromatic rings. The lowest BCUT2D eigenvalue weighted by Gasteiger charge is -2.11. The van der Waals surface area contributed by atoms with Crippen molar-refractivity contribution < 1.29 is 17.9 Å². The summed E-state index contributed by atoms with van der Waals surface area (Å²) in [5, 5.41) is 24.3. The number of aromatic nitrogens is 5. The summed E-state index contributed by atoms with van der Waals surface area (Å²) in [6.45, 7) is 4.03. The number of hydrogen-bond acceptors (Lipinski definition) is 11. The van der Waals surface area contributed by atoms with E-state index in [1.165, 1.54) is 11.3 Å². The number of thiazole rings is 1. The van der Waals surface area contributed by atoms with E-state index in [0.29, 0.717) is 76.0 Å². The van der Waals surface area contributed by atoms with Crippen molar-refractivity contribution in [1.29, 1.82) is 5.26 Å². The summed E-state index contributed by atoms with van der Waals surface area (Å²) in [4.78, 5) is 14.2. The summed E-state index contributed by atoms with van der Waals surface area (Å²) >= 11 is 7.35. The Balaban J connectivity index is 0.000000771. The molecular formula is C23H26ClF3N10OS. The van der Waals surface area contributed by atoms with Gasteiger partial charge in [0.05, 0.1) is 5.69 Å². The zero-order valence-electron chi connectivity index (χ0n) is 21.2. The third-order valence-corrected chi connectivity index (χ3v) is 5.90. The minimum Gasteiger partial charge on any atom is -0.398 e. The number of nitrogens with one attached hydrogen (secondary N) is 3. The second kappa shape index (κ2) is 13.3. The third kappa shape index (κ3) is 8.57. The Morgan fingerprint density at radius 3 is 2.51 bits per heavy atom. The van der Waals surface area contributed by atoms with Crippen molar-refractivity contribution in [2.24, 2.45) is 0 Å². The van der Waals surface area contributed by atoms with Gasteiger partial charge in [-0.15, -0.1) is 5.10 Å². The lowest BCUT2D eigenvalue weighted by molar-refractivity contribution is -0.110. The number of fused-ring (bicyclic) bond motifs is 1. The fraction of sp³-hybridized carbons (Fsp3) is 0.348. The maximum absolute atomic E-state index is 10.4. The average Bonchev–Trinajstić information content (AvgIpc) is 3.47. The number of nitriles is 1. The first-order chi connectivity index (χ1) is 18.5. The largest absolute Gasteiger partial charge is 0.398 e. The number of alkyl halides is 3. The van der Waals surface area contributed by atoms with Gasteiger partial charge in [0.25, 0.3) is 0 Å². The van der Waals surface area contributed by atoms with Gasteiger partial charge in [0.1, 0.15) is 12.7 Å². The Kier molecular flexibility index (Phi) is 10.1. The molecule has 16 heteroatoms. The molecule has 0 fully saturated rings. The number of ether oxygens (including phenoxy) is 1. The van der Waals surface area contributed by atoms with Gasteiger partial charge in [0.2, 0.25) is 5.95 Å². The standard InChI is InChI=1S/C21H23ClN10OS.C2H3F3/c1-3-33-11-17-29-18-9-15(13-5-4-12(22)8-14(13)24)28-20(32(18)31-17)26-6-7-27-21-30-19(25-2)16(10-23)34-21;1-2(3,4)5/h4-5,8-9,25H,3,6-7,11,24H2,1-2H3,(H,26,28)(H,27,30);1H3. The van der Waals surface area contributed by atoms with Crippen LogP contribution in [0.5, 0.6) is 0 Å². The normalized spacial score (nSPS) is 11.0. The van der Waals surface area contributed by atoms with E-state index in [2.05, 4.69) is 37.1 Å². The second-order valence-electron chi connectivity index (χ2n) is 7.83. The smallest absolute Gasteiger partial charge is 0.386 e. The SMILES string of the molecule is CC(F)(F)F.CCOCc1nc2cc(-c3ccc(Cl)cc3N)nc(NCCNc3nc(NC)c(C#N)s3)n2n1. The zero-order valence-corrected chi connectivity index (χ0v) is 22.8. The molecule has 0 radical (unpaired) electrons. The van der Waals surface area contributed by atoms with Crippen LogP contribution in [0.25, 0.3) is 16.9 Å². The molecule has 0 saturated heterocycles. The Morgan fingerprint density at radius 2 is 1.90 bits per heavy atom. The Bertz CT molecular complexity index is 1440. The van der Waals surface area contributed by atoms with Crippen molar-refractivity contribution in [2.45, 2.75) is 26.6 Å². The predicted molar refractivity (Wildman–Crippen MR) is 146 cm³/mol. The molecule has 0 spiro atoms. The van der Waals surface area contributed by atoms with Gasteiger partial charge in [-0.05, 0) is 25.1 Å². The Labute approximate surface area is 231 Å². The number of anilines is 4. The first-order valence-electron chi connectivity index (χ1n) is 11.5. The van der Waals surface area contributed by atoms with Gasteiger partial charge < -0.3 is 26.4 Å². The monoisotopic (exact) mass is 582 g/mol. The third-order valence-electron chi connectivity index (χ3n) is 4.74. The zero-order chi connectivity index (χ0) is 28.6.